The van der Waals surface area contributed by atoms with Crippen molar-refractivity contribution in [3.05, 3.63) is 0 Å². The number of hydrogen-bond donors (Lipinski definition) is 0. The molecule has 0 aromatic rings. The maximum atomic E-state index is 11.1. The molecule has 0 aliphatic rings. The van der Waals surface area contributed by atoms with Gasteiger partial charge < -0.3 is 9.47 Å². The first-order valence-corrected chi connectivity index (χ1v) is 5.35. The number of carbonyl (C=O) groups excluding carboxylic acids is 1. The van der Waals surface area contributed by atoms with Crippen LogP contribution in [0.3, 0.4) is 0 Å². The van der Waals surface area contributed by atoms with Gasteiger partial charge in [0.2, 0.25) is 0 Å². The zero-order chi connectivity index (χ0) is 11.0. The molecule has 0 rings (SSSR count). The molecule has 0 aromatic heterocycles. The highest BCUT2D eigenvalue weighted by Gasteiger charge is 2.15. The number of ether oxygens (including phenoxy) is 2. The molecule has 0 unspecified atom stereocenters. The molecule has 0 radical (unpaired) electrons. The summed E-state index contributed by atoms with van der Waals surface area (Å²) in [4.78, 5) is 11.1. The SMILES string of the molecule is CC(C)(C)OC(=O)COCCCCCl. The molecular weight excluding hydrogens is 204 g/mol. The predicted octanol–water partition coefficient (Wildman–Crippen LogP) is 2.36. The lowest BCUT2D eigenvalue weighted by atomic mass is 10.2. The van der Waals surface area contributed by atoms with Crippen molar-refractivity contribution in [3.8, 4) is 0 Å². The van der Waals surface area contributed by atoms with Gasteiger partial charge >= 0.3 is 5.97 Å². The van der Waals surface area contributed by atoms with Gasteiger partial charge in [-0.05, 0) is 33.6 Å². The molecule has 4 heteroatoms. The van der Waals surface area contributed by atoms with Gasteiger partial charge in [-0.2, -0.15) is 0 Å². The lowest BCUT2D eigenvalue weighted by Crippen LogP contribution is -2.26. The number of alkyl halides is 1. The van der Waals surface area contributed by atoms with Crippen LogP contribution in [0.2, 0.25) is 0 Å². The van der Waals surface area contributed by atoms with Crippen LogP contribution in [0.4, 0.5) is 0 Å². The van der Waals surface area contributed by atoms with Crippen molar-refractivity contribution in [1.29, 1.82) is 0 Å². The fourth-order valence-electron chi connectivity index (χ4n) is 0.825. The van der Waals surface area contributed by atoms with Gasteiger partial charge in [0.05, 0.1) is 0 Å². The quantitative estimate of drug-likeness (QED) is 0.393. The summed E-state index contributed by atoms with van der Waals surface area (Å²) in [5.74, 6) is 0.318. The highest BCUT2D eigenvalue weighted by Crippen LogP contribution is 2.06. The van der Waals surface area contributed by atoms with Gasteiger partial charge in [-0.25, -0.2) is 4.79 Å². The molecule has 0 spiro atoms. The molecule has 14 heavy (non-hydrogen) atoms. The summed E-state index contributed by atoms with van der Waals surface area (Å²) in [5, 5.41) is 0. The zero-order valence-corrected chi connectivity index (χ0v) is 9.89. The third-order valence-electron chi connectivity index (χ3n) is 1.31. The van der Waals surface area contributed by atoms with E-state index >= 15 is 0 Å². The number of halogens is 1. The average molecular weight is 223 g/mol. The summed E-state index contributed by atoms with van der Waals surface area (Å²) in [6.45, 7) is 6.08. The van der Waals surface area contributed by atoms with Crippen LogP contribution in [-0.4, -0.2) is 30.7 Å². The standard InChI is InChI=1S/C10H19ClO3/c1-10(2,3)14-9(12)8-13-7-5-4-6-11/h4-8H2,1-3H3. The Balaban J connectivity index is 3.36. The smallest absolute Gasteiger partial charge is 0.332 e. The second kappa shape index (κ2) is 7.07. The van der Waals surface area contributed by atoms with Crippen molar-refractivity contribution in [1.82, 2.24) is 0 Å². The van der Waals surface area contributed by atoms with E-state index in [1.165, 1.54) is 0 Å². The van der Waals surface area contributed by atoms with E-state index in [4.69, 9.17) is 21.1 Å². The molecule has 0 aliphatic carbocycles. The molecule has 0 heterocycles. The number of esters is 1. The Morgan fingerprint density at radius 2 is 1.93 bits per heavy atom. The van der Waals surface area contributed by atoms with E-state index in [9.17, 15) is 4.79 Å². The second-order valence-electron chi connectivity index (χ2n) is 4.04. The van der Waals surface area contributed by atoms with Gasteiger partial charge in [0.1, 0.15) is 12.2 Å². The number of carbonyl (C=O) groups is 1. The largest absolute Gasteiger partial charge is 0.458 e. The van der Waals surface area contributed by atoms with Gasteiger partial charge in [-0.1, -0.05) is 0 Å². The van der Waals surface area contributed by atoms with E-state index in [0.717, 1.165) is 12.8 Å². The summed E-state index contributed by atoms with van der Waals surface area (Å²) in [5.41, 5.74) is -0.434. The van der Waals surface area contributed by atoms with E-state index in [0.29, 0.717) is 12.5 Å². The van der Waals surface area contributed by atoms with Crippen molar-refractivity contribution in [2.75, 3.05) is 19.1 Å². The molecule has 84 valence electrons. The lowest BCUT2D eigenvalue weighted by Gasteiger charge is -2.19. The van der Waals surface area contributed by atoms with Gasteiger partial charge in [0.25, 0.3) is 0 Å². The summed E-state index contributed by atoms with van der Waals surface area (Å²) < 4.78 is 10.2. The maximum Gasteiger partial charge on any atom is 0.332 e. The highest BCUT2D eigenvalue weighted by molar-refractivity contribution is 6.17. The minimum Gasteiger partial charge on any atom is -0.458 e. The first-order valence-electron chi connectivity index (χ1n) is 4.81. The molecule has 0 fully saturated rings. The first-order chi connectivity index (χ1) is 6.45. The van der Waals surface area contributed by atoms with Gasteiger partial charge in [0, 0.05) is 12.5 Å². The Morgan fingerprint density at radius 3 is 2.43 bits per heavy atom. The third kappa shape index (κ3) is 9.81. The van der Waals surface area contributed by atoms with E-state index in [-0.39, 0.29) is 12.6 Å². The van der Waals surface area contributed by atoms with Crippen molar-refractivity contribution in [2.45, 2.75) is 39.2 Å². The van der Waals surface area contributed by atoms with Gasteiger partial charge in [-0.15, -0.1) is 11.6 Å². The van der Waals surface area contributed by atoms with E-state index < -0.39 is 5.60 Å². The van der Waals surface area contributed by atoms with Gasteiger partial charge in [-0.3, -0.25) is 0 Å². The number of rotatable bonds is 6. The molecule has 3 nitrogen and oxygen atoms in total. The Bertz CT molecular complexity index is 163. The van der Waals surface area contributed by atoms with E-state index in [2.05, 4.69) is 0 Å². The summed E-state index contributed by atoms with van der Waals surface area (Å²) in [6, 6.07) is 0. The third-order valence-corrected chi connectivity index (χ3v) is 1.58. The molecule has 0 saturated heterocycles. The number of unbranched alkanes of at least 4 members (excludes halogenated alkanes) is 1. The van der Waals surface area contributed by atoms with Crippen LogP contribution in [0, 0.1) is 0 Å². The predicted molar refractivity (Wildman–Crippen MR) is 56.6 cm³/mol. The second-order valence-corrected chi connectivity index (χ2v) is 4.41. The lowest BCUT2D eigenvalue weighted by molar-refractivity contribution is -0.160. The van der Waals surface area contributed by atoms with Gasteiger partial charge in [0.15, 0.2) is 0 Å². The Morgan fingerprint density at radius 1 is 1.29 bits per heavy atom. The fraction of sp³-hybridized carbons (Fsp3) is 0.900. The Hall–Kier alpha value is -0.280. The van der Waals surface area contributed by atoms with Crippen LogP contribution >= 0.6 is 11.6 Å². The van der Waals surface area contributed by atoms with Crippen molar-refractivity contribution in [3.63, 3.8) is 0 Å². The molecule has 0 atom stereocenters. The van der Waals surface area contributed by atoms with Crippen LogP contribution in [0.1, 0.15) is 33.6 Å². The molecule has 0 aromatic carbocycles. The van der Waals surface area contributed by atoms with Crippen LogP contribution in [0.15, 0.2) is 0 Å². The summed E-state index contributed by atoms with van der Waals surface area (Å²) >= 11 is 5.48. The normalized spacial score (nSPS) is 11.4. The minimum absolute atomic E-state index is 0.0273. The Labute approximate surface area is 90.7 Å². The van der Waals surface area contributed by atoms with Crippen LogP contribution in [0.5, 0.6) is 0 Å². The van der Waals surface area contributed by atoms with E-state index in [1.807, 2.05) is 20.8 Å². The van der Waals surface area contributed by atoms with E-state index in [1.54, 1.807) is 0 Å². The molecule has 0 bridgehead atoms. The molecule has 0 saturated carbocycles. The Kier molecular flexibility index (Phi) is 6.93. The monoisotopic (exact) mass is 222 g/mol. The maximum absolute atomic E-state index is 11.1. The highest BCUT2D eigenvalue weighted by atomic mass is 35.5. The number of hydrogen-bond acceptors (Lipinski definition) is 3. The molecule has 0 amide bonds. The minimum atomic E-state index is -0.434. The molecule has 0 N–H and O–H groups in total. The van der Waals surface area contributed by atoms with Crippen LogP contribution < -0.4 is 0 Å². The topological polar surface area (TPSA) is 35.5 Å². The van der Waals surface area contributed by atoms with Crippen molar-refractivity contribution < 1.29 is 14.3 Å². The molecule has 0 aliphatic heterocycles. The van der Waals surface area contributed by atoms with Crippen LogP contribution in [-0.2, 0) is 14.3 Å². The van der Waals surface area contributed by atoms with Crippen molar-refractivity contribution >= 4 is 17.6 Å². The average Bonchev–Trinajstić information content (AvgIpc) is 2.00. The fourth-order valence-corrected chi connectivity index (χ4v) is 1.01. The van der Waals surface area contributed by atoms with Crippen molar-refractivity contribution in [2.24, 2.45) is 0 Å². The molecular formula is C10H19ClO3. The van der Waals surface area contributed by atoms with Crippen LogP contribution in [0.25, 0.3) is 0 Å². The summed E-state index contributed by atoms with van der Waals surface area (Å²) in [7, 11) is 0. The first kappa shape index (κ1) is 13.7. The summed E-state index contributed by atoms with van der Waals surface area (Å²) in [6.07, 6.45) is 1.79. The zero-order valence-electron chi connectivity index (χ0n) is 9.14.